The van der Waals surface area contributed by atoms with Gasteiger partial charge in [-0.2, -0.15) is 0 Å². The fraction of sp³-hybridized carbons (Fsp3) is 0.211. The largest absolute Gasteiger partial charge is 0.497 e. The molecule has 0 amide bonds. The quantitative estimate of drug-likeness (QED) is 0.669. The molecule has 0 unspecified atom stereocenters. The van der Waals surface area contributed by atoms with Gasteiger partial charge in [0.05, 0.1) is 14.2 Å². The summed E-state index contributed by atoms with van der Waals surface area (Å²) in [5.74, 6) is 2.06. The molecule has 0 fully saturated rings. The summed E-state index contributed by atoms with van der Waals surface area (Å²) in [6.45, 7) is 2.18. The van der Waals surface area contributed by atoms with Crippen molar-refractivity contribution in [2.24, 2.45) is 0 Å². The highest BCUT2D eigenvalue weighted by atomic mass is 16.5. The molecule has 24 heavy (non-hydrogen) atoms. The van der Waals surface area contributed by atoms with Crippen LogP contribution in [-0.4, -0.2) is 14.2 Å². The van der Waals surface area contributed by atoms with E-state index in [1.807, 2.05) is 37.3 Å². The summed E-state index contributed by atoms with van der Waals surface area (Å²) in [4.78, 5) is 11.5. The van der Waals surface area contributed by atoms with E-state index < -0.39 is 0 Å². The molecule has 5 heteroatoms. The zero-order valence-electron chi connectivity index (χ0n) is 13.8. The van der Waals surface area contributed by atoms with E-state index in [0.29, 0.717) is 17.9 Å². The third-order valence-corrected chi connectivity index (χ3v) is 3.80. The Labute approximate surface area is 139 Å². The van der Waals surface area contributed by atoms with Crippen LogP contribution >= 0.6 is 0 Å². The first kappa shape index (κ1) is 15.9. The van der Waals surface area contributed by atoms with Crippen molar-refractivity contribution in [3.05, 3.63) is 64.0 Å². The highest BCUT2D eigenvalue weighted by Gasteiger charge is 2.08. The van der Waals surface area contributed by atoms with Crippen LogP contribution in [0, 0.1) is 6.92 Å². The summed E-state index contributed by atoms with van der Waals surface area (Å²) in [5.41, 5.74) is 1.88. The average molecular weight is 326 g/mol. The van der Waals surface area contributed by atoms with Gasteiger partial charge in [-0.15, -0.1) is 0 Å². The average Bonchev–Trinajstić information content (AvgIpc) is 2.59. The van der Waals surface area contributed by atoms with Crippen LogP contribution in [0.4, 0.5) is 0 Å². The lowest BCUT2D eigenvalue weighted by molar-refractivity contribution is 0.295. The molecule has 3 rings (SSSR count). The van der Waals surface area contributed by atoms with Crippen LogP contribution in [0.15, 0.2) is 51.7 Å². The van der Waals surface area contributed by atoms with Crippen molar-refractivity contribution in [1.29, 1.82) is 0 Å². The Morgan fingerprint density at radius 3 is 2.50 bits per heavy atom. The summed E-state index contributed by atoms with van der Waals surface area (Å²) in [6.07, 6.45) is 0. The first-order chi connectivity index (χ1) is 11.6. The van der Waals surface area contributed by atoms with E-state index in [1.165, 1.54) is 6.07 Å². The second kappa shape index (κ2) is 6.66. The standard InChI is InChI=1S/C19H18O5/c1-12-8-19(20)24-18-10-15(4-6-16(12)18)23-11-13-9-14(21-2)5-7-17(13)22-3/h4-10H,11H2,1-3H3. The maximum absolute atomic E-state index is 11.5. The second-order valence-corrected chi connectivity index (χ2v) is 5.37. The molecule has 0 saturated heterocycles. The van der Waals surface area contributed by atoms with Crippen LogP contribution in [0.3, 0.4) is 0 Å². The predicted octanol–water partition coefficient (Wildman–Crippen LogP) is 3.70. The first-order valence-electron chi connectivity index (χ1n) is 7.49. The zero-order chi connectivity index (χ0) is 17.1. The van der Waals surface area contributed by atoms with E-state index in [-0.39, 0.29) is 5.63 Å². The number of hydrogen-bond donors (Lipinski definition) is 0. The van der Waals surface area contributed by atoms with Gasteiger partial charge in [-0.25, -0.2) is 4.79 Å². The fourth-order valence-corrected chi connectivity index (χ4v) is 2.55. The number of benzene rings is 2. The molecule has 5 nitrogen and oxygen atoms in total. The second-order valence-electron chi connectivity index (χ2n) is 5.37. The normalized spacial score (nSPS) is 10.6. The third kappa shape index (κ3) is 3.20. The topological polar surface area (TPSA) is 57.9 Å². The monoisotopic (exact) mass is 326 g/mol. The molecule has 0 spiro atoms. The molecule has 2 aromatic carbocycles. The van der Waals surface area contributed by atoms with E-state index in [2.05, 4.69) is 0 Å². The Hall–Kier alpha value is -2.95. The summed E-state index contributed by atoms with van der Waals surface area (Å²) in [6, 6.07) is 12.5. The summed E-state index contributed by atoms with van der Waals surface area (Å²) >= 11 is 0. The Kier molecular flexibility index (Phi) is 4.42. The predicted molar refractivity (Wildman–Crippen MR) is 91.1 cm³/mol. The molecular formula is C19H18O5. The molecule has 0 aliphatic heterocycles. The van der Waals surface area contributed by atoms with E-state index in [0.717, 1.165) is 28.0 Å². The number of aryl methyl sites for hydroxylation is 1. The molecule has 0 atom stereocenters. The van der Waals surface area contributed by atoms with Crippen LogP contribution in [0.2, 0.25) is 0 Å². The highest BCUT2D eigenvalue weighted by Crippen LogP contribution is 2.27. The van der Waals surface area contributed by atoms with Crippen molar-refractivity contribution in [2.75, 3.05) is 14.2 Å². The molecule has 1 aromatic heterocycles. The number of ether oxygens (including phenoxy) is 3. The Morgan fingerprint density at radius 2 is 1.75 bits per heavy atom. The van der Waals surface area contributed by atoms with Gasteiger partial charge in [-0.3, -0.25) is 0 Å². The fourth-order valence-electron chi connectivity index (χ4n) is 2.55. The summed E-state index contributed by atoms with van der Waals surface area (Å²) in [7, 11) is 3.22. The van der Waals surface area contributed by atoms with Crippen LogP contribution < -0.4 is 19.8 Å². The third-order valence-electron chi connectivity index (χ3n) is 3.80. The van der Waals surface area contributed by atoms with Crippen molar-refractivity contribution >= 4 is 11.0 Å². The van der Waals surface area contributed by atoms with Gasteiger partial charge in [0.2, 0.25) is 0 Å². The van der Waals surface area contributed by atoms with E-state index in [9.17, 15) is 4.79 Å². The van der Waals surface area contributed by atoms with Gasteiger partial charge < -0.3 is 18.6 Å². The first-order valence-corrected chi connectivity index (χ1v) is 7.49. The van der Waals surface area contributed by atoms with Gasteiger partial charge in [-0.05, 0) is 42.8 Å². The van der Waals surface area contributed by atoms with Crippen LogP contribution in [0.5, 0.6) is 17.2 Å². The van der Waals surface area contributed by atoms with Crippen LogP contribution in [0.1, 0.15) is 11.1 Å². The SMILES string of the molecule is COc1ccc(OC)c(COc2ccc3c(C)cc(=O)oc3c2)c1. The van der Waals surface area contributed by atoms with Crippen molar-refractivity contribution < 1.29 is 18.6 Å². The van der Waals surface area contributed by atoms with Crippen molar-refractivity contribution in [1.82, 2.24) is 0 Å². The Balaban J connectivity index is 1.87. The lowest BCUT2D eigenvalue weighted by Gasteiger charge is -2.12. The maximum atomic E-state index is 11.5. The Bertz CT molecular complexity index is 927. The minimum Gasteiger partial charge on any atom is -0.497 e. The van der Waals surface area contributed by atoms with E-state index >= 15 is 0 Å². The number of hydrogen-bond acceptors (Lipinski definition) is 5. The van der Waals surface area contributed by atoms with Gasteiger partial charge in [0, 0.05) is 23.1 Å². The molecule has 0 aliphatic rings. The number of methoxy groups -OCH3 is 2. The van der Waals surface area contributed by atoms with Gasteiger partial charge in [0.15, 0.2) is 0 Å². The van der Waals surface area contributed by atoms with Gasteiger partial charge >= 0.3 is 5.63 Å². The van der Waals surface area contributed by atoms with Crippen molar-refractivity contribution in [3.63, 3.8) is 0 Å². The number of rotatable bonds is 5. The van der Waals surface area contributed by atoms with Crippen molar-refractivity contribution in [2.45, 2.75) is 13.5 Å². The highest BCUT2D eigenvalue weighted by molar-refractivity contribution is 5.81. The lowest BCUT2D eigenvalue weighted by atomic mass is 10.1. The van der Waals surface area contributed by atoms with Crippen molar-refractivity contribution in [3.8, 4) is 17.2 Å². The Morgan fingerprint density at radius 1 is 0.958 bits per heavy atom. The van der Waals surface area contributed by atoms with E-state index in [4.69, 9.17) is 18.6 Å². The molecule has 0 saturated carbocycles. The molecular weight excluding hydrogens is 308 g/mol. The maximum Gasteiger partial charge on any atom is 0.336 e. The molecule has 0 aliphatic carbocycles. The van der Waals surface area contributed by atoms with Gasteiger partial charge in [0.25, 0.3) is 0 Å². The molecule has 0 bridgehead atoms. The van der Waals surface area contributed by atoms with E-state index in [1.54, 1.807) is 20.3 Å². The number of fused-ring (bicyclic) bond motifs is 1. The molecule has 1 heterocycles. The smallest absolute Gasteiger partial charge is 0.336 e. The summed E-state index contributed by atoms with van der Waals surface area (Å²) in [5, 5.41) is 0.890. The molecule has 3 aromatic rings. The molecule has 124 valence electrons. The zero-order valence-corrected chi connectivity index (χ0v) is 13.8. The molecule has 0 radical (unpaired) electrons. The van der Waals surface area contributed by atoms with Crippen LogP contribution in [-0.2, 0) is 6.61 Å². The van der Waals surface area contributed by atoms with Crippen LogP contribution in [0.25, 0.3) is 11.0 Å². The lowest BCUT2D eigenvalue weighted by Crippen LogP contribution is -2.01. The minimum absolute atomic E-state index is 0.307. The molecule has 0 N–H and O–H groups in total. The van der Waals surface area contributed by atoms with Gasteiger partial charge in [0.1, 0.15) is 29.4 Å². The summed E-state index contributed by atoms with van der Waals surface area (Å²) < 4.78 is 21.6. The van der Waals surface area contributed by atoms with Gasteiger partial charge in [-0.1, -0.05) is 0 Å². The minimum atomic E-state index is -0.369.